The van der Waals surface area contributed by atoms with Crippen molar-refractivity contribution >= 4 is 0 Å². The van der Waals surface area contributed by atoms with E-state index in [0.717, 1.165) is 0 Å². The summed E-state index contributed by atoms with van der Waals surface area (Å²) in [5, 5.41) is 12.5. The maximum atomic E-state index is 13.7. The molecule has 1 aromatic rings. The molecule has 1 rings (SSSR count). The minimum atomic E-state index is -0.923. The third kappa shape index (κ3) is 4.32. The van der Waals surface area contributed by atoms with Crippen LogP contribution in [-0.2, 0) is 0 Å². The first-order valence-corrected chi connectivity index (χ1v) is 5.65. The van der Waals surface area contributed by atoms with Crippen LogP contribution in [0.3, 0.4) is 0 Å². The van der Waals surface area contributed by atoms with Crippen molar-refractivity contribution < 1.29 is 14.2 Å². The predicted molar refractivity (Wildman–Crippen MR) is 65.7 cm³/mol. The summed E-state index contributed by atoms with van der Waals surface area (Å²) < 4.78 is 19.0. The number of ether oxygens (including phenoxy) is 1. The second-order valence-electron chi connectivity index (χ2n) is 4.79. The molecule has 0 spiro atoms. The molecule has 0 aromatic heterocycles. The molecule has 0 radical (unpaired) electrons. The lowest BCUT2D eigenvalue weighted by molar-refractivity contribution is 0.0283. The van der Waals surface area contributed by atoms with E-state index in [1.165, 1.54) is 6.07 Å². The molecule has 0 heterocycles. The molecule has 0 aliphatic rings. The van der Waals surface area contributed by atoms with Crippen LogP contribution in [0.25, 0.3) is 0 Å². The average Bonchev–Trinajstić information content (AvgIpc) is 2.24. The summed E-state index contributed by atoms with van der Waals surface area (Å²) in [6, 6.07) is 4.70. The van der Waals surface area contributed by atoms with Crippen LogP contribution >= 0.6 is 0 Å². The molecule has 1 aromatic carbocycles. The van der Waals surface area contributed by atoms with Gasteiger partial charge in [-0.3, -0.25) is 0 Å². The minimum Gasteiger partial charge on any atom is -0.491 e. The summed E-state index contributed by atoms with van der Waals surface area (Å²) in [5.41, 5.74) is -0.323. The molecular formula is C13H20FNO2. The number of nitrogens with one attached hydrogen (secondary N) is 1. The van der Waals surface area contributed by atoms with Crippen LogP contribution in [0.4, 0.5) is 4.39 Å². The van der Waals surface area contributed by atoms with E-state index in [1.54, 1.807) is 33.0 Å². The third-order valence-electron chi connectivity index (χ3n) is 2.46. The van der Waals surface area contributed by atoms with Gasteiger partial charge in [0.05, 0.1) is 5.60 Å². The van der Waals surface area contributed by atoms with Crippen LogP contribution in [-0.4, -0.2) is 24.4 Å². The van der Waals surface area contributed by atoms with Gasteiger partial charge in [-0.1, -0.05) is 6.07 Å². The second-order valence-corrected chi connectivity index (χ2v) is 4.79. The maximum absolute atomic E-state index is 13.7. The normalized spacial score (nSPS) is 13.5. The summed E-state index contributed by atoms with van der Waals surface area (Å²) >= 11 is 0. The molecule has 0 bridgehead atoms. The lowest BCUT2D eigenvalue weighted by Gasteiger charge is -2.18. The van der Waals surface area contributed by atoms with Crippen LogP contribution in [0.5, 0.6) is 5.75 Å². The molecular weight excluding hydrogens is 221 g/mol. The molecule has 0 saturated heterocycles. The quantitative estimate of drug-likeness (QED) is 0.830. The Morgan fingerprint density at radius 3 is 2.59 bits per heavy atom. The Hall–Kier alpha value is -1.13. The Kier molecular flexibility index (Phi) is 4.48. The monoisotopic (exact) mass is 241 g/mol. The molecule has 0 amide bonds. The molecule has 1 unspecified atom stereocenters. The van der Waals surface area contributed by atoms with Crippen molar-refractivity contribution in [3.05, 3.63) is 29.6 Å². The molecule has 2 N–H and O–H groups in total. The van der Waals surface area contributed by atoms with Crippen molar-refractivity contribution in [1.29, 1.82) is 0 Å². The van der Waals surface area contributed by atoms with E-state index < -0.39 is 5.60 Å². The van der Waals surface area contributed by atoms with Gasteiger partial charge < -0.3 is 15.2 Å². The van der Waals surface area contributed by atoms with Gasteiger partial charge in [-0.05, 0) is 33.9 Å². The van der Waals surface area contributed by atoms with Crippen LogP contribution in [0.15, 0.2) is 18.2 Å². The first-order chi connectivity index (χ1) is 7.83. The first kappa shape index (κ1) is 13.9. The molecule has 1 atom stereocenters. The van der Waals surface area contributed by atoms with E-state index in [-0.39, 0.29) is 18.5 Å². The van der Waals surface area contributed by atoms with Gasteiger partial charge in [-0.15, -0.1) is 0 Å². The smallest absolute Gasteiger partial charge is 0.131 e. The summed E-state index contributed by atoms with van der Waals surface area (Å²) in [5.74, 6) is 0.122. The highest BCUT2D eigenvalue weighted by Gasteiger charge is 2.15. The standard InChI is InChI=1S/C13H20FNO2/c1-9(15-4)11-6-5-10(7-12(11)14)17-8-13(2,3)16/h5-7,9,15-16H,8H2,1-4H3. The third-order valence-corrected chi connectivity index (χ3v) is 2.46. The topological polar surface area (TPSA) is 41.5 Å². The molecule has 17 heavy (non-hydrogen) atoms. The van der Waals surface area contributed by atoms with E-state index in [9.17, 15) is 9.50 Å². The maximum Gasteiger partial charge on any atom is 0.131 e. The summed E-state index contributed by atoms with van der Waals surface area (Å²) in [4.78, 5) is 0. The van der Waals surface area contributed by atoms with Gasteiger partial charge >= 0.3 is 0 Å². The molecule has 0 aliphatic carbocycles. The Labute approximate surface area is 102 Å². The minimum absolute atomic E-state index is 0.0432. The lowest BCUT2D eigenvalue weighted by atomic mass is 10.1. The highest BCUT2D eigenvalue weighted by atomic mass is 19.1. The van der Waals surface area contributed by atoms with Crippen molar-refractivity contribution in [2.75, 3.05) is 13.7 Å². The van der Waals surface area contributed by atoms with E-state index in [0.29, 0.717) is 11.3 Å². The second kappa shape index (κ2) is 5.47. The Balaban J connectivity index is 2.75. The zero-order chi connectivity index (χ0) is 13.1. The fourth-order valence-electron chi connectivity index (χ4n) is 1.36. The van der Waals surface area contributed by atoms with Gasteiger partial charge in [0.2, 0.25) is 0 Å². The van der Waals surface area contributed by atoms with Crippen LogP contribution in [0, 0.1) is 5.82 Å². The fraction of sp³-hybridized carbons (Fsp3) is 0.538. The van der Waals surface area contributed by atoms with Gasteiger partial charge in [0, 0.05) is 17.7 Å². The first-order valence-electron chi connectivity index (χ1n) is 5.65. The SMILES string of the molecule is CNC(C)c1ccc(OCC(C)(C)O)cc1F. The van der Waals surface area contributed by atoms with Crippen LogP contribution in [0.2, 0.25) is 0 Å². The molecule has 0 aliphatic heterocycles. The molecule has 4 heteroatoms. The average molecular weight is 241 g/mol. The number of benzene rings is 1. The van der Waals surface area contributed by atoms with E-state index >= 15 is 0 Å². The molecule has 3 nitrogen and oxygen atoms in total. The highest BCUT2D eigenvalue weighted by molar-refractivity contribution is 5.30. The zero-order valence-electron chi connectivity index (χ0n) is 10.7. The van der Waals surface area contributed by atoms with Gasteiger partial charge in [-0.25, -0.2) is 4.39 Å². The Morgan fingerprint density at radius 1 is 1.47 bits per heavy atom. The zero-order valence-corrected chi connectivity index (χ0v) is 10.7. The van der Waals surface area contributed by atoms with E-state index in [2.05, 4.69) is 5.32 Å². The van der Waals surface area contributed by atoms with Crippen LogP contribution in [0.1, 0.15) is 32.4 Å². The number of halogens is 1. The molecule has 96 valence electrons. The van der Waals surface area contributed by atoms with Crippen molar-refractivity contribution in [1.82, 2.24) is 5.32 Å². The van der Waals surface area contributed by atoms with Crippen molar-refractivity contribution in [3.8, 4) is 5.75 Å². The van der Waals surface area contributed by atoms with Gasteiger partial charge in [0.25, 0.3) is 0 Å². The largest absolute Gasteiger partial charge is 0.491 e. The van der Waals surface area contributed by atoms with Gasteiger partial charge in [-0.2, -0.15) is 0 Å². The summed E-state index contributed by atoms with van der Waals surface area (Å²) in [6.45, 7) is 5.30. The van der Waals surface area contributed by atoms with Crippen LogP contribution < -0.4 is 10.1 Å². The number of hydrogen-bond acceptors (Lipinski definition) is 3. The van der Waals surface area contributed by atoms with Gasteiger partial charge in [0.1, 0.15) is 18.2 Å². The Bertz CT molecular complexity index is 374. The van der Waals surface area contributed by atoms with Crippen molar-refractivity contribution in [2.24, 2.45) is 0 Å². The van der Waals surface area contributed by atoms with E-state index in [4.69, 9.17) is 4.74 Å². The highest BCUT2D eigenvalue weighted by Crippen LogP contribution is 2.22. The van der Waals surface area contributed by atoms with Crippen molar-refractivity contribution in [2.45, 2.75) is 32.4 Å². The number of aliphatic hydroxyl groups is 1. The Morgan fingerprint density at radius 2 is 2.12 bits per heavy atom. The van der Waals surface area contributed by atoms with Crippen molar-refractivity contribution in [3.63, 3.8) is 0 Å². The van der Waals surface area contributed by atoms with Gasteiger partial charge in [0.15, 0.2) is 0 Å². The summed E-state index contributed by atoms with van der Waals surface area (Å²) in [6.07, 6.45) is 0. The fourth-order valence-corrected chi connectivity index (χ4v) is 1.36. The summed E-state index contributed by atoms with van der Waals surface area (Å²) in [7, 11) is 1.78. The number of hydrogen-bond donors (Lipinski definition) is 2. The number of rotatable bonds is 5. The van der Waals surface area contributed by atoms with E-state index in [1.807, 2.05) is 6.92 Å². The molecule has 0 fully saturated rings. The predicted octanol–water partition coefficient (Wildman–Crippen LogP) is 2.26. The lowest BCUT2D eigenvalue weighted by Crippen LogP contribution is -2.27. The molecule has 0 saturated carbocycles.